The van der Waals surface area contributed by atoms with Crippen LogP contribution in [-0.2, 0) is 17.9 Å². The largest absolute Gasteiger partial charge is 0.484 e. The van der Waals surface area contributed by atoms with Gasteiger partial charge in [-0.15, -0.1) is 0 Å². The second-order valence-electron chi connectivity index (χ2n) is 8.88. The second kappa shape index (κ2) is 11.7. The third-order valence-electron chi connectivity index (χ3n) is 6.07. The Hall–Kier alpha value is -3.06. The summed E-state index contributed by atoms with van der Waals surface area (Å²) >= 11 is 0. The molecule has 2 fully saturated rings. The van der Waals surface area contributed by atoms with Crippen molar-refractivity contribution in [1.29, 1.82) is 0 Å². The molecule has 1 aliphatic heterocycles. The van der Waals surface area contributed by atoms with Crippen molar-refractivity contribution in [3.05, 3.63) is 65.7 Å². The Labute approximate surface area is 196 Å². The normalized spacial score (nSPS) is 17.4. The lowest BCUT2D eigenvalue weighted by Crippen LogP contribution is -2.48. The number of guanidine groups is 1. The number of hydrogen-bond donors (Lipinski definition) is 3. The molecule has 1 saturated carbocycles. The highest BCUT2D eigenvalue weighted by Crippen LogP contribution is 2.19. The summed E-state index contributed by atoms with van der Waals surface area (Å²) in [6.45, 7) is 3.87. The van der Waals surface area contributed by atoms with Crippen LogP contribution in [0.3, 0.4) is 0 Å². The highest BCUT2D eigenvalue weighted by molar-refractivity contribution is 5.80. The third kappa shape index (κ3) is 7.79. The van der Waals surface area contributed by atoms with Gasteiger partial charge in [0.05, 0.1) is 0 Å². The van der Waals surface area contributed by atoms with E-state index in [2.05, 4.69) is 56.2 Å². The van der Waals surface area contributed by atoms with Gasteiger partial charge in [0, 0.05) is 45.3 Å². The Balaban J connectivity index is 1.18. The zero-order chi connectivity index (χ0) is 22.9. The van der Waals surface area contributed by atoms with Crippen molar-refractivity contribution < 1.29 is 9.53 Å². The fourth-order valence-electron chi connectivity index (χ4n) is 4.04. The molecule has 2 aliphatic rings. The molecular weight excluding hydrogens is 414 g/mol. The average molecular weight is 450 g/mol. The highest BCUT2D eigenvalue weighted by Gasteiger charge is 2.23. The fourth-order valence-corrected chi connectivity index (χ4v) is 4.04. The number of carbonyl (C=O) groups is 1. The maximum absolute atomic E-state index is 11.8. The Morgan fingerprint density at radius 3 is 2.42 bits per heavy atom. The maximum Gasteiger partial charge on any atom is 0.258 e. The van der Waals surface area contributed by atoms with Crippen molar-refractivity contribution >= 4 is 11.9 Å². The molecule has 0 aromatic heterocycles. The van der Waals surface area contributed by atoms with Crippen LogP contribution in [0.25, 0.3) is 0 Å². The van der Waals surface area contributed by atoms with E-state index >= 15 is 0 Å². The molecule has 7 nitrogen and oxygen atoms in total. The van der Waals surface area contributed by atoms with Gasteiger partial charge in [0.1, 0.15) is 5.75 Å². The van der Waals surface area contributed by atoms with E-state index in [1.807, 2.05) is 24.3 Å². The van der Waals surface area contributed by atoms with Gasteiger partial charge in [-0.3, -0.25) is 14.7 Å². The molecule has 176 valence electrons. The highest BCUT2D eigenvalue weighted by atomic mass is 16.5. The smallest absolute Gasteiger partial charge is 0.258 e. The predicted octanol–water partition coefficient (Wildman–Crippen LogP) is 2.67. The molecule has 0 radical (unpaired) electrons. The quantitative estimate of drug-likeness (QED) is 0.405. The molecule has 0 spiro atoms. The molecule has 1 amide bonds. The number of nitrogens with one attached hydrogen (secondary N) is 3. The van der Waals surface area contributed by atoms with Crippen LogP contribution in [0, 0.1) is 0 Å². The molecule has 7 heteroatoms. The zero-order valence-corrected chi connectivity index (χ0v) is 19.4. The van der Waals surface area contributed by atoms with Gasteiger partial charge in [0.2, 0.25) is 0 Å². The molecule has 0 bridgehead atoms. The van der Waals surface area contributed by atoms with E-state index in [1.54, 1.807) is 7.05 Å². The summed E-state index contributed by atoms with van der Waals surface area (Å²) in [5.41, 5.74) is 2.45. The number of piperidine rings is 1. The van der Waals surface area contributed by atoms with Crippen molar-refractivity contribution in [3.63, 3.8) is 0 Å². The van der Waals surface area contributed by atoms with Gasteiger partial charge in [-0.2, -0.15) is 0 Å². The topological polar surface area (TPSA) is 78.0 Å². The summed E-state index contributed by atoms with van der Waals surface area (Å²) in [5.74, 6) is 1.46. The molecule has 1 saturated heterocycles. The SMILES string of the molecule is CN=C(NCc1cccc(OCC(=O)NC2CC2)c1)NC1CCN(Cc2ccccc2)CC1. The van der Waals surface area contributed by atoms with E-state index in [0.717, 1.165) is 56.8 Å². The molecule has 3 N–H and O–H groups in total. The van der Waals surface area contributed by atoms with E-state index in [9.17, 15) is 4.79 Å². The Morgan fingerprint density at radius 2 is 1.70 bits per heavy atom. The summed E-state index contributed by atoms with van der Waals surface area (Å²) in [6.07, 6.45) is 4.35. The number of aliphatic imine (C=N–C) groups is 1. The Bertz CT molecular complexity index is 921. The van der Waals surface area contributed by atoms with E-state index < -0.39 is 0 Å². The Kier molecular flexibility index (Phi) is 8.19. The van der Waals surface area contributed by atoms with Crippen molar-refractivity contribution in [2.24, 2.45) is 4.99 Å². The molecule has 2 aromatic rings. The molecule has 1 aliphatic carbocycles. The van der Waals surface area contributed by atoms with E-state index in [1.165, 1.54) is 5.56 Å². The first-order valence-electron chi connectivity index (χ1n) is 11.9. The minimum atomic E-state index is -0.0551. The van der Waals surface area contributed by atoms with Crippen LogP contribution in [0.5, 0.6) is 5.75 Å². The van der Waals surface area contributed by atoms with E-state index in [-0.39, 0.29) is 12.5 Å². The van der Waals surface area contributed by atoms with Gasteiger partial charge in [-0.1, -0.05) is 42.5 Å². The standard InChI is InChI=1S/C26H35N5O2/c1-27-26(30-23-12-14-31(15-13-23)18-20-6-3-2-4-7-20)28-17-21-8-5-9-24(16-21)33-19-25(32)29-22-10-11-22/h2-9,16,22-23H,10-15,17-19H2,1H3,(H,29,32)(H2,27,28,30). The maximum atomic E-state index is 11.8. The molecule has 2 aromatic carbocycles. The first-order valence-corrected chi connectivity index (χ1v) is 11.9. The lowest BCUT2D eigenvalue weighted by molar-refractivity contribution is -0.123. The van der Waals surface area contributed by atoms with Crippen molar-refractivity contribution in [1.82, 2.24) is 20.9 Å². The zero-order valence-electron chi connectivity index (χ0n) is 19.4. The van der Waals surface area contributed by atoms with Gasteiger partial charge >= 0.3 is 0 Å². The van der Waals surface area contributed by atoms with Crippen molar-refractivity contribution in [2.75, 3.05) is 26.7 Å². The number of ether oxygens (including phenoxy) is 1. The van der Waals surface area contributed by atoms with Crippen LogP contribution in [-0.4, -0.2) is 55.6 Å². The lowest BCUT2D eigenvalue weighted by atomic mass is 10.0. The van der Waals surface area contributed by atoms with E-state index in [4.69, 9.17) is 4.74 Å². The average Bonchev–Trinajstić information content (AvgIpc) is 3.66. The van der Waals surface area contributed by atoms with Crippen molar-refractivity contribution in [3.8, 4) is 5.75 Å². The van der Waals surface area contributed by atoms with Crippen molar-refractivity contribution in [2.45, 2.75) is 50.9 Å². The first kappa shape index (κ1) is 23.1. The number of hydrogen-bond acceptors (Lipinski definition) is 4. The Morgan fingerprint density at radius 1 is 0.970 bits per heavy atom. The summed E-state index contributed by atoms with van der Waals surface area (Å²) in [4.78, 5) is 18.7. The predicted molar refractivity (Wildman–Crippen MR) is 131 cm³/mol. The molecule has 0 unspecified atom stereocenters. The number of amides is 1. The molecular formula is C26H35N5O2. The fraction of sp³-hybridized carbons (Fsp3) is 0.462. The number of benzene rings is 2. The van der Waals surface area contributed by atoms with Gasteiger partial charge in [0.25, 0.3) is 5.91 Å². The molecule has 1 heterocycles. The summed E-state index contributed by atoms with van der Waals surface area (Å²) < 4.78 is 5.65. The summed E-state index contributed by atoms with van der Waals surface area (Å²) in [6, 6.07) is 19.3. The van der Waals surface area contributed by atoms with Gasteiger partial charge in [-0.05, 0) is 48.9 Å². The van der Waals surface area contributed by atoms with Gasteiger partial charge < -0.3 is 20.7 Å². The van der Waals surface area contributed by atoms with Crippen LogP contribution < -0.4 is 20.7 Å². The van der Waals surface area contributed by atoms with Gasteiger partial charge in [0.15, 0.2) is 12.6 Å². The van der Waals surface area contributed by atoms with E-state index in [0.29, 0.717) is 24.4 Å². The van der Waals surface area contributed by atoms with Crippen LogP contribution in [0.1, 0.15) is 36.8 Å². The lowest BCUT2D eigenvalue weighted by Gasteiger charge is -2.33. The summed E-state index contributed by atoms with van der Waals surface area (Å²) in [7, 11) is 1.80. The minimum Gasteiger partial charge on any atom is -0.484 e. The molecule has 33 heavy (non-hydrogen) atoms. The molecule has 0 atom stereocenters. The number of carbonyl (C=O) groups excluding carboxylic acids is 1. The van der Waals surface area contributed by atoms with Crippen LogP contribution in [0.2, 0.25) is 0 Å². The number of likely N-dealkylation sites (tertiary alicyclic amines) is 1. The van der Waals surface area contributed by atoms with Crippen LogP contribution in [0.15, 0.2) is 59.6 Å². The number of nitrogens with zero attached hydrogens (tertiary/aromatic N) is 2. The third-order valence-corrected chi connectivity index (χ3v) is 6.07. The first-order chi connectivity index (χ1) is 16.2. The number of rotatable bonds is 9. The van der Waals surface area contributed by atoms with Gasteiger partial charge in [-0.25, -0.2) is 0 Å². The monoisotopic (exact) mass is 449 g/mol. The second-order valence-corrected chi connectivity index (χ2v) is 8.88. The minimum absolute atomic E-state index is 0.0551. The summed E-state index contributed by atoms with van der Waals surface area (Å²) in [5, 5.41) is 9.90. The van der Waals surface area contributed by atoms with Crippen LogP contribution >= 0.6 is 0 Å². The molecule has 4 rings (SSSR count). The van der Waals surface area contributed by atoms with Crippen LogP contribution in [0.4, 0.5) is 0 Å².